The Morgan fingerprint density at radius 2 is 1.93 bits per heavy atom. The first-order valence-corrected chi connectivity index (χ1v) is 10.4. The zero-order valence-corrected chi connectivity index (χ0v) is 17.3. The van der Waals surface area contributed by atoms with Crippen LogP contribution in [0.15, 0.2) is 16.9 Å². The summed E-state index contributed by atoms with van der Waals surface area (Å²) < 4.78 is 7.36. The topological polar surface area (TPSA) is 54.6 Å². The predicted molar refractivity (Wildman–Crippen MR) is 111 cm³/mol. The highest BCUT2D eigenvalue weighted by Gasteiger charge is 2.38. The molecule has 1 saturated carbocycles. The van der Waals surface area contributed by atoms with Crippen LogP contribution in [0.4, 0.5) is 5.69 Å². The van der Waals surface area contributed by atoms with Crippen LogP contribution in [0.3, 0.4) is 0 Å². The number of fused-ring (bicyclic) bond motifs is 1. The van der Waals surface area contributed by atoms with Crippen molar-refractivity contribution in [3.8, 4) is 0 Å². The quantitative estimate of drug-likeness (QED) is 0.768. The van der Waals surface area contributed by atoms with Gasteiger partial charge in [-0.1, -0.05) is 11.6 Å². The molecule has 4 rings (SSSR count). The van der Waals surface area contributed by atoms with Gasteiger partial charge in [0.25, 0.3) is 0 Å². The first-order chi connectivity index (χ1) is 13.4. The summed E-state index contributed by atoms with van der Waals surface area (Å²) in [4.78, 5) is 21.6. The van der Waals surface area contributed by atoms with Gasteiger partial charge in [0.05, 0.1) is 23.7 Å². The van der Waals surface area contributed by atoms with Crippen molar-refractivity contribution in [3.05, 3.63) is 39.1 Å². The second kappa shape index (κ2) is 7.55. The number of nitrogens with one attached hydrogen (secondary N) is 1. The van der Waals surface area contributed by atoms with Crippen LogP contribution in [0.2, 0.25) is 5.02 Å². The van der Waals surface area contributed by atoms with E-state index in [0.717, 1.165) is 57.1 Å². The molecule has 0 radical (unpaired) electrons. The molecule has 150 valence electrons. The smallest absolute Gasteiger partial charge is 0.326 e. The number of benzene rings is 1. The summed E-state index contributed by atoms with van der Waals surface area (Å²) in [5, 5.41) is 0.380. The molecular weight excluding hydrogens is 376 g/mol. The Kier molecular flexibility index (Phi) is 5.26. The number of hydrogen-bond acceptors (Lipinski definition) is 3. The minimum atomic E-state index is -0.113. The molecule has 1 aliphatic carbocycles. The van der Waals surface area contributed by atoms with Gasteiger partial charge in [-0.25, -0.2) is 9.64 Å². The summed E-state index contributed by atoms with van der Waals surface area (Å²) in [6.45, 7) is 11.6. The van der Waals surface area contributed by atoms with Gasteiger partial charge in [-0.3, -0.25) is 9.47 Å². The van der Waals surface area contributed by atoms with Gasteiger partial charge < -0.3 is 9.72 Å². The van der Waals surface area contributed by atoms with E-state index in [9.17, 15) is 4.79 Å². The number of likely N-dealkylation sites (tertiary alicyclic amines) is 1. The summed E-state index contributed by atoms with van der Waals surface area (Å²) in [6.07, 6.45) is 6.84. The van der Waals surface area contributed by atoms with E-state index in [0.29, 0.717) is 22.3 Å². The van der Waals surface area contributed by atoms with Gasteiger partial charge >= 0.3 is 5.69 Å². The normalized spacial score (nSPS) is 27.1. The predicted octanol–water partition coefficient (Wildman–Crippen LogP) is 4.52. The molecule has 1 N–H and O–H groups in total. The Hall–Kier alpha value is -1.81. The lowest BCUT2D eigenvalue weighted by Gasteiger charge is -2.48. The molecule has 1 aromatic carbocycles. The maximum absolute atomic E-state index is 12.6. The molecule has 1 aromatic heterocycles. The van der Waals surface area contributed by atoms with E-state index in [1.807, 2.05) is 11.7 Å². The molecule has 28 heavy (non-hydrogen) atoms. The number of ether oxygens (including phenoxy) is 1. The summed E-state index contributed by atoms with van der Waals surface area (Å²) in [6, 6.07) is 3.57. The van der Waals surface area contributed by atoms with Crippen molar-refractivity contribution in [2.75, 3.05) is 20.2 Å². The van der Waals surface area contributed by atoms with E-state index in [4.69, 9.17) is 22.9 Å². The Balaban J connectivity index is 1.52. The summed E-state index contributed by atoms with van der Waals surface area (Å²) in [7, 11) is 1.81. The minimum Gasteiger partial charge on any atom is -0.381 e. The average molecular weight is 403 g/mol. The van der Waals surface area contributed by atoms with Crippen molar-refractivity contribution in [2.24, 2.45) is 0 Å². The van der Waals surface area contributed by atoms with Crippen molar-refractivity contribution in [1.82, 2.24) is 14.5 Å². The van der Waals surface area contributed by atoms with Crippen molar-refractivity contribution in [2.45, 2.75) is 63.1 Å². The van der Waals surface area contributed by atoms with E-state index in [1.54, 1.807) is 12.1 Å². The molecule has 6 nitrogen and oxygen atoms in total. The number of aromatic nitrogens is 2. The molecule has 1 saturated heterocycles. The van der Waals surface area contributed by atoms with Gasteiger partial charge in [0.1, 0.15) is 0 Å². The van der Waals surface area contributed by atoms with Crippen molar-refractivity contribution in [3.63, 3.8) is 0 Å². The van der Waals surface area contributed by atoms with E-state index in [1.165, 1.54) is 0 Å². The number of rotatable bonds is 3. The van der Waals surface area contributed by atoms with E-state index in [2.05, 4.69) is 21.7 Å². The standard InChI is InChI=1S/C21H27ClN4O2/c1-21(8-4-15(28-3)5-9-21)25-10-6-14(7-11-25)26-19-13-17(23-2)16(22)12-18(19)24-20(26)27/h12-15H,4-11H2,1,3H3,(H,24,27). The van der Waals surface area contributed by atoms with Gasteiger partial charge in [0.2, 0.25) is 5.69 Å². The second-order valence-electron chi connectivity index (χ2n) is 8.38. The highest BCUT2D eigenvalue weighted by Crippen LogP contribution is 2.38. The van der Waals surface area contributed by atoms with Crippen molar-refractivity contribution < 1.29 is 4.74 Å². The Bertz CT molecular complexity index is 957. The van der Waals surface area contributed by atoms with Crippen molar-refractivity contribution in [1.29, 1.82) is 0 Å². The molecule has 2 aliphatic rings. The lowest BCUT2D eigenvalue weighted by atomic mass is 9.79. The van der Waals surface area contributed by atoms with Gasteiger partial charge in [-0.05, 0) is 57.6 Å². The van der Waals surface area contributed by atoms with Crippen LogP contribution in [0, 0.1) is 6.57 Å². The second-order valence-corrected chi connectivity index (χ2v) is 8.79. The van der Waals surface area contributed by atoms with Crippen LogP contribution in [0.25, 0.3) is 15.9 Å². The molecule has 2 aromatic rings. The average Bonchev–Trinajstić information content (AvgIpc) is 3.02. The van der Waals surface area contributed by atoms with Crippen LogP contribution in [-0.4, -0.2) is 46.3 Å². The number of nitrogens with zero attached hydrogens (tertiary/aromatic N) is 3. The minimum absolute atomic E-state index is 0.113. The fourth-order valence-electron chi connectivity index (χ4n) is 5.01. The fourth-order valence-corrected chi connectivity index (χ4v) is 5.22. The molecular formula is C21H27ClN4O2. The lowest BCUT2D eigenvalue weighted by Crippen LogP contribution is -2.52. The number of halogens is 1. The number of hydrogen-bond donors (Lipinski definition) is 1. The van der Waals surface area contributed by atoms with E-state index < -0.39 is 0 Å². The Morgan fingerprint density at radius 3 is 2.54 bits per heavy atom. The Labute approximate surface area is 170 Å². The fraction of sp³-hybridized carbons (Fsp3) is 0.619. The zero-order chi connectivity index (χ0) is 19.9. The highest BCUT2D eigenvalue weighted by molar-refractivity contribution is 6.34. The molecule has 2 fully saturated rings. The molecule has 0 amide bonds. The largest absolute Gasteiger partial charge is 0.381 e. The maximum Gasteiger partial charge on any atom is 0.326 e. The molecule has 2 heterocycles. The summed E-state index contributed by atoms with van der Waals surface area (Å²) >= 11 is 6.13. The maximum atomic E-state index is 12.6. The number of piperidine rings is 1. The lowest BCUT2D eigenvalue weighted by molar-refractivity contribution is -0.0146. The monoisotopic (exact) mass is 402 g/mol. The van der Waals surface area contributed by atoms with E-state index in [-0.39, 0.29) is 17.3 Å². The molecule has 0 atom stereocenters. The third-order valence-electron chi connectivity index (χ3n) is 6.84. The van der Waals surface area contributed by atoms with Crippen LogP contribution in [0.5, 0.6) is 0 Å². The number of H-pyrrole nitrogens is 1. The van der Waals surface area contributed by atoms with Crippen molar-refractivity contribution >= 4 is 28.3 Å². The zero-order valence-electron chi connectivity index (χ0n) is 16.5. The number of aromatic amines is 1. The third-order valence-corrected chi connectivity index (χ3v) is 7.14. The van der Waals surface area contributed by atoms with Gasteiger partial charge in [0, 0.05) is 36.8 Å². The van der Waals surface area contributed by atoms with Gasteiger partial charge in [-0.15, -0.1) is 0 Å². The molecule has 1 aliphatic heterocycles. The number of methoxy groups -OCH3 is 1. The molecule has 0 spiro atoms. The molecule has 7 heteroatoms. The first-order valence-electron chi connectivity index (χ1n) is 10.0. The van der Waals surface area contributed by atoms with Gasteiger partial charge in [0.15, 0.2) is 0 Å². The van der Waals surface area contributed by atoms with Crippen LogP contribution >= 0.6 is 11.6 Å². The SMILES string of the molecule is [C-]#[N+]c1cc2c(cc1Cl)[nH]c(=O)n2C1CCN(C2(C)CCC(OC)CC2)CC1. The van der Waals surface area contributed by atoms with Crippen LogP contribution < -0.4 is 5.69 Å². The highest BCUT2D eigenvalue weighted by atomic mass is 35.5. The summed E-state index contributed by atoms with van der Waals surface area (Å²) in [5.74, 6) is 0. The molecule has 0 unspecified atom stereocenters. The Morgan fingerprint density at radius 1 is 1.25 bits per heavy atom. The number of imidazole rings is 1. The third kappa shape index (κ3) is 3.36. The van der Waals surface area contributed by atoms with Crippen LogP contribution in [0.1, 0.15) is 51.5 Å². The first kappa shape index (κ1) is 19.5. The van der Waals surface area contributed by atoms with E-state index >= 15 is 0 Å². The van der Waals surface area contributed by atoms with Gasteiger partial charge in [-0.2, -0.15) is 0 Å². The summed E-state index contributed by atoms with van der Waals surface area (Å²) in [5.41, 5.74) is 2.00. The molecule has 0 bridgehead atoms. The van der Waals surface area contributed by atoms with Crippen LogP contribution in [-0.2, 0) is 4.74 Å².